The van der Waals surface area contributed by atoms with Gasteiger partial charge in [-0.1, -0.05) is 45.0 Å². The SMILES string of the molecule is CCN(CC)c1ccc(C(=O)N/N=C(/C)c2ccc(C(C)(C)C)cc2)cc1. The second kappa shape index (κ2) is 8.85. The second-order valence-corrected chi connectivity index (χ2v) is 7.68. The Bertz CT molecular complexity index is 780. The van der Waals surface area contributed by atoms with Crippen molar-refractivity contribution >= 4 is 17.3 Å². The Balaban J connectivity index is 2.05. The Morgan fingerprint density at radius 3 is 1.93 bits per heavy atom. The lowest BCUT2D eigenvalue weighted by Gasteiger charge is -2.20. The van der Waals surface area contributed by atoms with Crippen LogP contribution >= 0.6 is 0 Å². The molecule has 0 aliphatic heterocycles. The Hall–Kier alpha value is -2.62. The Morgan fingerprint density at radius 1 is 0.926 bits per heavy atom. The van der Waals surface area contributed by atoms with Gasteiger partial charge in [-0.3, -0.25) is 4.79 Å². The first-order chi connectivity index (χ1) is 12.8. The van der Waals surface area contributed by atoms with Crippen LogP contribution in [-0.4, -0.2) is 24.7 Å². The molecule has 1 amide bonds. The Labute approximate surface area is 163 Å². The predicted molar refractivity (Wildman–Crippen MR) is 115 cm³/mol. The molecule has 0 bridgehead atoms. The molecule has 0 heterocycles. The quantitative estimate of drug-likeness (QED) is 0.579. The van der Waals surface area contributed by atoms with Crippen LogP contribution in [0.5, 0.6) is 0 Å². The molecule has 27 heavy (non-hydrogen) atoms. The van der Waals surface area contributed by atoms with Crippen LogP contribution in [0, 0.1) is 0 Å². The average Bonchev–Trinajstić information content (AvgIpc) is 2.66. The van der Waals surface area contributed by atoms with Crippen molar-refractivity contribution in [3.63, 3.8) is 0 Å². The van der Waals surface area contributed by atoms with Gasteiger partial charge in [0.2, 0.25) is 0 Å². The van der Waals surface area contributed by atoms with Crippen molar-refractivity contribution in [2.75, 3.05) is 18.0 Å². The van der Waals surface area contributed by atoms with E-state index < -0.39 is 0 Å². The molecular formula is C23H31N3O. The fourth-order valence-electron chi connectivity index (χ4n) is 2.89. The largest absolute Gasteiger partial charge is 0.372 e. The second-order valence-electron chi connectivity index (χ2n) is 7.68. The summed E-state index contributed by atoms with van der Waals surface area (Å²) in [5, 5.41) is 4.26. The molecule has 0 aliphatic carbocycles. The maximum absolute atomic E-state index is 12.4. The Morgan fingerprint density at radius 2 is 1.44 bits per heavy atom. The zero-order chi connectivity index (χ0) is 20.0. The Kier molecular flexibility index (Phi) is 6.78. The van der Waals surface area contributed by atoms with Gasteiger partial charge in [-0.2, -0.15) is 5.10 Å². The van der Waals surface area contributed by atoms with Crippen molar-refractivity contribution in [1.82, 2.24) is 5.43 Å². The number of anilines is 1. The highest BCUT2D eigenvalue weighted by Crippen LogP contribution is 2.22. The van der Waals surface area contributed by atoms with E-state index in [2.05, 4.69) is 62.2 Å². The normalized spacial score (nSPS) is 12.0. The predicted octanol–water partition coefficient (Wildman–Crippen LogP) is 4.98. The van der Waals surface area contributed by atoms with Gasteiger partial charge in [0.25, 0.3) is 5.91 Å². The van der Waals surface area contributed by atoms with Crippen molar-refractivity contribution < 1.29 is 4.79 Å². The minimum absolute atomic E-state index is 0.120. The minimum Gasteiger partial charge on any atom is -0.372 e. The first-order valence-corrected chi connectivity index (χ1v) is 9.56. The number of carbonyl (C=O) groups excluding carboxylic acids is 1. The molecule has 0 aliphatic rings. The van der Waals surface area contributed by atoms with Crippen molar-refractivity contribution in [2.24, 2.45) is 5.10 Å². The third kappa shape index (κ3) is 5.43. The van der Waals surface area contributed by atoms with E-state index in [1.807, 2.05) is 43.3 Å². The summed E-state index contributed by atoms with van der Waals surface area (Å²) < 4.78 is 0. The van der Waals surface area contributed by atoms with E-state index in [9.17, 15) is 4.79 Å². The van der Waals surface area contributed by atoms with Crippen molar-refractivity contribution in [3.8, 4) is 0 Å². The van der Waals surface area contributed by atoms with E-state index in [1.165, 1.54) is 5.56 Å². The number of nitrogens with one attached hydrogen (secondary N) is 1. The standard InChI is InChI=1S/C23H31N3O/c1-7-26(8-2)21-15-11-19(12-16-21)22(27)25-24-17(3)18-9-13-20(14-10-18)23(4,5)6/h9-16H,7-8H2,1-6H3,(H,25,27)/b24-17-. The van der Waals surface area contributed by atoms with E-state index in [0.717, 1.165) is 30.1 Å². The molecule has 2 aromatic carbocycles. The van der Waals surface area contributed by atoms with Gasteiger partial charge in [0.1, 0.15) is 0 Å². The molecule has 2 rings (SSSR count). The van der Waals surface area contributed by atoms with Gasteiger partial charge in [0.15, 0.2) is 0 Å². The van der Waals surface area contributed by atoms with Crippen molar-refractivity contribution in [2.45, 2.75) is 47.0 Å². The number of hydrazone groups is 1. The topological polar surface area (TPSA) is 44.7 Å². The summed E-state index contributed by atoms with van der Waals surface area (Å²) >= 11 is 0. The van der Waals surface area contributed by atoms with Gasteiger partial charge < -0.3 is 4.90 Å². The monoisotopic (exact) mass is 365 g/mol. The average molecular weight is 366 g/mol. The van der Waals surface area contributed by atoms with Crippen LogP contribution in [0.3, 0.4) is 0 Å². The zero-order valence-corrected chi connectivity index (χ0v) is 17.3. The lowest BCUT2D eigenvalue weighted by atomic mass is 9.86. The van der Waals surface area contributed by atoms with Gasteiger partial charge in [-0.05, 0) is 61.6 Å². The third-order valence-corrected chi connectivity index (χ3v) is 4.75. The summed E-state index contributed by atoms with van der Waals surface area (Å²) in [6.07, 6.45) is 0. The van der Waals surface area contributed by atoms with E-state index in [-0.39, 0.29) is 11.3 Å². The molecule has 0 fully saturated rings. The smallest absolute Gasteiger partial charge is 0.271 e. The molecule has 0 atom stereocenters. The molecular weight excluding hydrogens is 334 g/mol. The highest BCUT2D eigenvalue weighted by atomic mass is 16.2. The third-order valence-electron chi connectivity index (χ3n) is 4.75. The summed E-state index contributed by atoms with van der Waals surface area (Å²) in [5.41, 5.74) is 7.55. The molecule has 0 unspecified atom stereocenters. The van der Waals surface area contributed by atoms with E-state index in [4.69, 9.17) is 0 Å². The first kappa shape index (κ1) is 20.7. The molecule has 4 heteroatoms. The number of benzene rings is 2. The summed E-state index contributed by atoms with van der Waals surface area (Å²) in [6.45, 7) is 14.6. The molecule has 4 nitrogen and oxygen atoms in total. The zero-order valence-electron chi connectivity index (χ0n) is 17.3. The maximum atomic E-state index is 12.4. The highest BCUT2D eigenvalue weighted by molar-refractivity contribution is 6.01. The van der Waals surface area contributed by atoms with Crippen LogP contribution in [0.2, 0.25) is 0 Å². The summed E-state index contributed by atoms with van der Waals surface area (Å²) in [5.74, 6) is -0.202. The van der Waals surface area contributed by atoms with Crippen molar-refractivity contribution in [3.05, 3.63) is 65.2 Å². The first-order valence-electron chi connectivity index (χ1n) is 9.56. The molecule has 1 N–H and O–H groups in total. The number of amides is 1. The number of hydrogen-bond acceptors (Lipinski definition) is 3. The summed E-state index contributed by atoms with van der Waals surface area (Å²) in [7, 11) is 0. The molecule has 0 aromatic heterocycles. The number of nitrogens with zero attached hydrogens (tertiary/aromatic N) is 2. The van der Waals surface area contributed by atoms with Gasteiger partial charge in [-0.15, -0.1) is 0 Å². The summed E-state index contributed by atoms with van der Waals surface area (Å²) in [6, 6.07) is 15.9. The molecule has 0 radical (unpaired) electrons. The van der Waals surface area contributed by atoms with Crippen LogP contribution in [0.25, 0.3) is 0 Å². The summed E-state index contributed by atoms with van der Waals surface area (Å²) in [4.78, 5) is 14.6. The number of hydrogen-bond donors (Lipinski definition) is 1. The molecule has 0 saturated heterocycles. The lowest BCUT2D eigenvalue weighted by Crippen LogP contribution is -2.22. The van der Waals surface area contributed by atoms with Crippen molar-refractivity contribution in [1.29, 1.82) is 0 Å². The van der Waals surface area contributed by atoms with Crippen LogP contribution in [0.1, 0.15) is 63.0 Å². The molecule has 2 aromatic rings. The van der Waals surface area contributed by atoms with Gasteiger partial charge in [0.05, 0.1) is 5.71 Å². The minimum atomic E-state index is -0.202. The van der Waals surface area contributed by atoms with Crippen LogP contribution in [-0.2, 0) is 5.41 Å². The lowest BCUT2D eigenvalue weighted by molar-refractivity contribution is 0.0955. The number of carbonyl (C=O) groups is 1. The maximum Gasteiger partial charge on any atom is 0.271 e. The van der Waals surface area contributed by atoms with Gasteiger partial charge in [0, 0.05) is 24.3 Å². The van der Waals surface area contributed by atoms with E-state index in [1.54, 1.807) is 0 Å². The van der Waals surface area contributed by atoms with Crippen LogP contribution in [0.15, 0.2) is 53.6 Å². The van der Waals surface area contributed by atoms with Crippen LogP contribution < -0.4 is 10.3 Å². The number of rotatable bonds is 6. The highest BCUT2D eigenvalue weighted by Gasteiger charge is 2.13. The molecule has 0 saturated carbocycles. The van der Waals surface area contributed by atoms with Gasteiger partial charge >= 0.3 is 0 Å². The fourth-order valence-corrected chi connectivity index (χ4v) is 2.89. The molecule has 0 spiro atoms. The van der Waals surface area contributed by atoms with Gasteiger partial charge in [-0.25, -0.2) is 5.43 Å². The van der Waals surface area contributed by atoms with E-state index >= 15 is 0 Å². The van der Waals surface area contributed by atoms with Crippen LogP contribution in [0.4, 0.5) is 5.69 Å². The molecule has 144 valence electrons. The fraction of sp³-hybridized carbons (Fsp3) is 0.391. The van der Waals surface area contributed by atoms with E-state index in [0.29, 0.717) is 5.56 Å².